The minimum absolute atomic E-state index is 0.622. The van der Waals surface area contributed by atoms with E-state index in [1.54, 1.807) is 11.3 Å². The van der Waals surface area contributed by atoms with Crippen LogP contribution >= 0.6 is 11.3 Å². The molecule has 3 nitrogen and oxygen atoms in total. The molecule has 17 heavy (non-hydrogen) atoms. The molecule has 0 unspecified atom stereocenters. The van der Waals surface area contributed by atoms with Crippen LogP contribution in [0.5, 0.6) is 0 Å². The van der Waals surface area contributed by atoms with E-state index in [-0.39, 0.29) is 0 Å². The number of fused-ring (bicyclic) bond motifs is 1. The smallest absolute Gasteiger partial charge is 0.193 e. The first-order chi connectivity index (χ1) is 8.33. The number of rotatable bonds is 4. The van der Waals surface area contributed by atoms with Gasteiger partial charge in [0.2, 0.25) is 0 Å². The average molecular weight is 249 g/mol. The molecule has 4 heteroatoms. The molecule has 92 valence electrons. The summed E-state index contributed by atoms with van der Waals surface area (Å²) in [4.78, 5) is 5.68. The fourth-order valence-corrected chi connectivity index (χ4v) is 3.47. The Labute approximate surface area is 106 Å². The summed E-state index contributed by atoms with van der Waals surface area (Å²) in [6.45, 7) is 3.21. The summed E-state index contributed by atoms with van der Waals surface area (Å²) in [7, 11) is 0. The molecule has 0 aromatic carbocycles. The Morgan fingerprint density at radius 3 is 3.12 bits per heavy atom. The molecule has 1 fully saturated rings. The number of nitrogens with one attached hydrogen (secondary N) is 1. The monoisotopic (exact) mass is 249 g/mol. The van der Waals surface area contributed by atoms with Crippen LogP contribution in [0.2, 0.25) is 0 Å². The molecule has 2 heterocycles. The van der Waals surface area contributed by atoms with Gasteiger partial charge in [-0.15, -0.1) is 11.3 Å². The molecular weight excluding hydrogens is 230 g/mol. The fourth-order valence-electron chi connectivity index (χ4n) is 2.75. The summed E-state index contributed by atoms with van der Waals surface area (Å²) in [5, 5.41) is 5.69. The molecule has 0 spiro atoms. The SMILES string of the molecule is C[C@H](NCc1cn2ccsc2n1)C1CCCC1. The van der Waals surface area contributed by atoms with Crippen molar-refractivity contribution in [2.24, 2.45) is 5.92 Å². The predicted molar refractivity (Wildman–Crippen MR) is 71.3 cm³/mol. The molecule has 1 aliphatic rings. The van der Waals surface area contributed by atoms with Crippen LogP contribution in [0.4, 0.5) is 0 Å². The van der Waals surface area contributed by atoms with Gasteiger partial charge < -0.3 is 5.32 Å². The highest BCUT2D eigenvalue weighted by atomic mass is 32.1. The zero-order valence-electron chi connectivity index (χ0n) is 10.2. The van der Waals surface area contributed by atoms with Gasteiger partial charge in [0.05, 0.1) is 5.69 Å². The van der Waals surface area contributed by atoms with Crippen LogP contribution in [0, 0.1) is 5.92 Å². The summed E-state index contributed by atoms with van der Waals surface area (Å²) in [6.07, 6.45) is 9.81. The Bertz CT molecular complexity index is 453. The number of thiazole rings is 1. The molecule has 1 saturated carbocycles. The van der Waals surface area contributed by atoms with Crippen molar-refractivity contribution in [3.05, 3.63) is 23.5 Å². The van der Waals surface area contributed by atoms with E-state index in [4.69, 9.17) is 0 Å². The second-order valence-electron chi connectivity index (χ2n) is 5.04. The molecule has 3 rings (SSSR count). The van der Waals surface area contributed by atoms with Crippen molar-refractivity contribution in [1.29, 1.82) is 0 Å². The zero-order valence-corrected chi connectivity index (χ0v) is 11.0. The van der Waals surface area contributed by atoms with E-state index in [2.05, 4.69) is 39.4 Å². The molecule has 2 aromatic rings. The summed E-state index contributed by atoms with van der Waals surface area (Å²) in [6, 6.07) is 0.622. The van der Waals surface area contributed by atoms with Gasteiger partial charge in [-0.1, -0.05) is 12.8 Å². The lowest BCUT2D eigenvalue weighted by atomic mass is 10.00. The maximum Gasteiger partial charge on any atom is 0.193 e. The van der Waals surface area contributed by atoms with Crippen molar-refractivity contribution in [1.82, 2.24) is 14.7 Å². The number of hydrogen-bond donors (Lipinski definition) is 1. The Morgan fingerprint density at radius 1 is 1.53 bits per heavy atom. The van der Waals surface area contributed by atoms with Crippen molar-refractivity contribution in [2.75, 3.05) is 0 Å². The molecule has 1 N–H and O–H groups in total. The lowest BCUT2D eigenvalue weighted by Crippen LogP contribution is -2.31. The van der Waals surface area contributed by atoms with Crippen molar-refractivity contribution in [3.8, 4) is 0 Å². The lowest BCUT2D eigenvalue weighted by Gasteiger charge is -2.19. The average Bonchev–Trinajstić information content (AvgIpc) is 3.01. The minimum atomic E-state index is 0.622. The topological polar surface area (TPSA) is 29.3 Å². The highest BCUT2D eigenvalue weighted by molar-refractivity contribution is 7.15. The first kappa shape index (κ1) is 11.2. The van der Waals surface area contributed by atoms with Crippen LogP contribution in [0.25, 0.3) is 4.96 Å². The van der Waals surface area contributed by atoms with Gasteiger partial charge in [0.15, 0.2) is 4.96 Å². The maximum atomic E-state index is 4.59. The molecule has 0 saturated heterocycles. The second-order valence-corrected chi connectivity index (χ2v) is 5.91. The first-order valence-corrected chi connectivity index (χ1v) is 7.35. The Hall–Kier alpha value is -0.870. The van der Waals surface area contributed by atoms with E-state index < -0.39 is 0 Å². The van der Waals surface area contributed by atoms with Crippen LogP contribution in [0.15, 0.2) is 17.8 Å². The standard InChI is InChI=1S/C13H19N3S/c1-10(11-4-2-3-5-11)14-8-12-9-16-6-7-17-13(16)15-12/h6-7,9-11,14H,2-5,8H2,1H3/t10-/m0/s1. The molecule has 0 amide bonds. The zero-order chi connectivity index (χ0) is 11.7. The molecule has 0 radical (unpaired) electrons. The van der Waals surface area contributed by atoms with Gasteiger partial charge in [-0.2, -0.15) is 0 Å². The van der Waals surface area contributed by atoms with Gasteiger partial charge >= 0.3 is 0 Å². The molecule has 1 aliphatic carbocycles. The van der Waals surface area contributed by atoms with Crippen LogP contribution < -0.4 is 5.32 Å². The van der Waals surface area contributed by atoms with Gasteiger partial charge in [-0.3, -0.25) is 4.40 Å². The quantitative estimate of drug-likeness (QED) is 0.902. The minimum Gasteiger partial charge on any atom is -0.308 e. The van der Waals surface area contributed by atoms with E-state index in [1.807, 2.05) is 0 Å². The second kappa shape index (κ2) is 4.78. The van der Waals surface area contributed by atoms with Crippen LogP contribution in [-0.4, -0.2) is 15.4 Å². The van der Waals surface area contributed by atoms with E-state index in [0.717, 1.165) is 23.1 Å². The summed E-state index contributed by atoms with van der Waals surface area (Å²) in [5.41, 5.74) is 1.15. The molecular formula is C13H19N3S. The molecule has 0 aliphatic heterocycles. The third-order valence-corrected chi connectivity index (χ3v) is 4.63. The van der Waals surface area contributed by atoms with Crippen LogP contribution in [0.1, 0.15) is 38.3 Å². The van der Waals surface area contributed by atoms with Crippen molar-refractivity contribution < 1.29 is 0 Å². The third kappa shape index (κ3) is 2.38. The normalized spacial score (nSPS) is 19.1. The summed E-state index contributed by atoms with van der Waals surface area (Å²) < 4.78 is 2.10. The highest BCUT2D eigenvalue weighted by Gasteiger charge is 2.21. The van der Waals surface area contributed by atoms with E-state index >= 15 is 0 Å². The lowest BCUT2D eigenvalue weighted by molar-refractivity contribution is 0.379. The number of nitrogens with zero attached hydrogens (tertiary/aromatic N) is 2. The fraction of sp³-hybridized carbons (Fsp3) is 0.615. The predicted octanol–water partition coefficient (Wildman–Crippen LogP) is 3.06. The highest BCUT2D eigenvalue weighted by Crippen LogP contribution is 2.27. The Kier molecular flexibility index (Phi) is 3.16. The van der Waals surface area contributed by atoms with Crippen molar-refractivity contribution in [3.63, 3.8) is 0 Å². The largest absolute Gasteiger partial charge is 0.308 e. The Morgan fingerprint density at radius 2 is 2.35 bits per heavy atom. The number of hydrogen-bond acceptors (Lipinski definition) is 3. The van der Waals surface area contributed by atoms with Gasteiger partial charge in [-0.25, -0.2) is 4.98 Å². The maximum absolute atomic E-state index is 4.59. The first-order valence-electron chi connectivity index (χ1n) is 6.47. The van der Waals surface area contributed by atoms with Gasteiger partial charge in [0.1, 0.15) is 0 Å². The Balaban J connectivity index is 1.58. The number of aromatic nitrogens is 2. The molecule has 1 atom stereocenters. The van der Waals surface area contributed by atoms with Crippen molar-refractivity contribution in [2.45, 2.75) is 45.2 Å². The summed E-state index contributed by atoms with van der Waals surface area (Å²) in [5.74, 6) is 0.874. The van der Waals surface area contributed by atoms with Gasteiger partial charge in [0.25, 0.3) is 0 Å². The molecule has 2 aromatic heterocycles. The third-order valence-electron chi connectivity index (χ3n) is 3.86. The van der Waals surface area contributed by atoms with Gasteiger partial charge in [0, 0.05) is 30.4 Å². The van der Waals surface area contributed by atoms with Crippen molar-refractivity contribution >= 4 is 16.3 Å². The van der Waals surface area contributed by atoms with Gasteiger partial charge in [-0.05, 0) is 25.7 Å². The van der Waals surface area contributed by atoms with E-state index in [0.29, 0.717) is 6.04 Å². The van der Waals surface area contributed by atoms with E-state index in [1.165, 1.54) is 25.7 Å². The van der Waals surface area contributed by atoms with E-state index in [9.17, 15) is 0 Å². The van der Waals surface area contributed by atoms with Crippen LogP contribution in [0.3, 0.4) is 0 Å². The molecule has 0 bridgehead atoms. The summed E-state index contributed by atoms with van der Waals surface area (Å²) >= 11 is 1.69. The van der Waals surface area contributed by atoms with Crippen LogP contribution in [-0.2, 0) is 6.54 Å². The number of imidazole rings is 1.